The molecule has 0 heterocycles. The van der Waals surface area contributed by atoms with E-state index in [9.17, 15) is 18.0 Å². The normalized spacial score (nSPS) is 10.9. The van der Waals surface area contributed by atoms with Crippen LogP contribution in [0.15, 0.2) is 24.3 Å². The molecule has 0 aliphatic rings. The van der Waals surface area contributed by atoms with E-state index in [0.29, 0.717) is 13.2 Å². The summed E-state index contributed by atoms with van der Waals surface area (Å²) in [6, 6.07) is 4.46. The number of urea groups is 1. The van der Waals surface area contributed by atoms with E-state index in [-0.39, 0.29) is 5.69 Å². The van der Waals surface area contributed by atoms with Crippen molar-refractivity contribution < 1.29 is 27.4 Å². The van der Waals surface area contributed by atoms with Crippen LogP contribution in [0.2, 0.25) is 0 Å². The highest BCUT2D eigenvalue weighted by Gasteiger charge is 2.31. The molecule has 0 saturated heterocycles. The van der Waals surface area contributed by atoms with E-state index >= 15 is 0 Å². The number of nitrogens with one attached hydrogen (secondary N) is 2. The molecule has 0 saturated carbocycles. The van der Waals surface area contributed by atoms with Crippen LogP contribution in [-0.4, -0.2) is 32.7 Å². The molecule has 2 N–H and O–H groups in total. The summed E-state index contributed by atoms with van der Waals surface area (Å²) in [6.45, 7) is 0.631. The van der Waals surface area contributed by atoms with Gasteiger partial charge in [0.2, 0.25) is 0 Å². The average Bonchev–Trinajstić information content (AvgIpc) is 2.27. The first-order valence-corrected chi connectivity index (χ1v) is 5.30. The van der Waals surface area contributed by atoms with Crippen LogP contribution < -0.4 is 15.4 Å². The molecule has 1 aromatic rings. The molecule has 0 aliphatic carbocycles. The molecule has 1 aromatic carbocycles. The molecule has 0 unspecified atom stereocenters. The summed E-state index contributed by atoms with van der Waals surface area (Å²) in [4.78, 5) is 11.3. The summed E-state index contributed by atoms with van der Waals surface area (Å²) in [5.74, 6) is -0.401. The second-order valence-electron chi connectivity index (χ2n) is 3.45. The van der Waals surface area contributed by atoms with Crippen molar-refractivity contribution in [3.63, 3.8) is 0 Å². The second-order valence-corrected chi connectivity index (χ2v) is 3.45. The minimum absolute atomic E-state index is 0.191. The van der Waals surface area contributed by atoms with Crippen molar-refractivity contribution in [2.45, 2.75) is 6.36 Å². The lowest BCUT2D eigenvalue weighted by Gasteiger charge is -2.11. The molecule has 106 valence electrons. The number of benzene rings is 1. The monoisotopic (exact) mass is 278 g/mol. The quantitative estimate of drug-likeness (QED) is 0.813. The van der Waals surface area contributed by atoms with Crippen LogP contribution in [0.5, 0.6) is 5.75 Å². The Labute approximate surface area is 107 Å². The van der Waals surface area contributed by atoms with Gasteiger partial charge in [-0.1, -0.05) is 6.07 Å². The zero-order chi connectivity index (χ0) is 14.3. The molecule has 0 fully saturated rings. The van der Waals surface area contributed by atoms with E-state index in [2.05, 4.69) is 15.4 Å². The highest BCUT2D eigenvalue weighted by molar-refractivity contribution is 5.89. The van der Waals surface area contributed by atoms with Gasteiger partial charge in [-0.25, -0.2) is 4.79 Å². The van der Waals surface area contributed by atoms with Gasteiger partial charge in [-0.05, 0) is 12.1 Å². The zero-order valence-electron chi connectivity index (χ0n) is 10.1. The lowest BCUT2D eigenvalue weighted by molar-refractivity contribution is -0.274. The van der Waals surface area contributed by atoms with E-state index in [1.165, 1.54) is 19.2 Å². The number of amides is 2. The number of anilines is 1. The van der Waals surface area contributed by atoms with Crippen LogP contribution in [0.1, 0.15) is 0 Å². The van der Waals surface area contributed by atoms with Crippen molar-refractivity contribution in [1.29, 1.82) is 0 Å². The Kier molecular flexibility index (Phi) is 5.43. The summed E-state index contributed by atoms with van der Waals surface area (Å²) < 4.78 is 44.5. The number of halogens is 3. The van der Waals surface area contributed by atoms with Crippen molar-refractivity contribution in [1.82, 2.24) is 5.32 Å². The lowest BCUT2D eigenvalue weighted by Crippen LogP contribution is -2.31. The summed E-state index contributed by atoms with van der Waals surface area (Å²) in [5, 5.41) is 4.84. The first-order valence-electron chi connectivity index (χ1n) is 5.30. The number of hydrogen-bond acceptors (Lipinski definition) is 3. The Bertz CT molecular complexity index is 424. The SMILES string of the molecule is COCCNC(=O)Nc1cccc(OC(F)(F)F)c1. The zero-order valence-corrected chi connectivity index (χ0v) is 10.1. The summed E-state index contributed by atoms with van der Waals surface area (Å²) >= 11 is 0. The van der Waals surface area contributed by atoms with Crippen molar-refractivity contribution in [2.75, 3.05) is 25.6 Å². The Morgan fingerprint density at radius 2 is 2.11 bits per heavy atom. The van der Waals surface area contributed by atoms with Crippen LogP contribution in [0.25, 0.3) is 0 Å². The molecule has 0 bridgehead atoms. The van der Waals surface area contributed by atoms with Crippen molar-refractivity contribution in [3.8, 4) is 5.75 Å². The summed E-state index contributed by atoms with van der Waals surface area (Å²) in [5.41, 5.74) is 0.191. The van der Waals surface area contributed by atoms with E-state index in [4.69, 9.17) is 4.74 Å². The topological polar surface area (TPSA) is 59.6 Å². The molecular formula is C11H13F3N2O3. The first kappa shape index (κ1) is 15.1. The molecule has 5 nitrogen and oxygen atoms in total. The van der Waals surface area contributed by atoms with Crippen LogP contribution in [0, 0.1) is 0 Å². The van der Waals surface area contributed by atoms with Gasteiger partial charge in [-0.3, -0.25) is 0 Å². The highest BCUT2D eigenvalue weighted by atomic mass is 19.4. The number of carbonyl (C=O) groups is 1. The van der Waals surface area contributed by atoms with Gasteiger partial charge in [0.05, 0.1) is 6.61 Å². The summed E-state index contributed by atoms with van der Waals surface area (Å²) in [7, 11) is 1.48. The molecular weight excluding hydrogens is 265 g/mol. The standard InChI is InChI=1S/C11H13F3N2O3/c1-18-6-5-15-10(17)16-8-3-2-4-9(7-8)19-11(12,13)14/h2-4,7H,5-6H2,1H3,(H2,15,16,17). The number of hydrogen-bond donors (Lipinski definition) is 2. The predicted molar refractivity (Wildman–Crippen MR) is 62.0 cm³/mol. The first-order chi connectivity index (χ1) is 8.90. The predicted octanol–water partition coefficient (Wildman–Crippen LogP) is 2.35. The maximum Gasteiger partial charge on any atom is 0.573 e. The van der Waals surface area contributed by atoms with Crippen LogP contribution in [0.4, 0.5) is 23.7 Å². The molecule has 19 heavy (non-hydrogen) atoms. The fourth-order valence-corrected chi connectivity index (χ4v) is 1.21. The maximum atomic E-state index is 12.0. The van der Waals surface area contributed by atoms with Crippen molar-refractivity contribution >= 4 is 11.7 Å². The van der Waals surface area contributed by atoms with E-state index in [1.807, 2.05) is 0 Å². The number of ether oxygens (including phenoxy) is 2. The second kappa shape index (κ2) is 6.83. The van der Waals surface area contributed by atoms with Crippen LogP contribution >= 0.6 is 0 Å². The van der Waals surface area contributed by atoms with Crippen LogP contribution in [0.3, 0.4) is 0 Å². The van der Waals surface area contributed by atoms with Gasteiger partial charge < -0.3 is 20.1 Å². The van der Waals surface area contributed by atoms with Crippen LogP contribution in [-0.2, 0) is 4.74 Å². The maximum absolute atomic E-state index is 12.0. The van der Waals surface area contributed by atoms with Gasteiger partial charge >= 0.3 is 12.4 Å². The van der Waals surface area contributed by atoms with E-state index < -0.39 is 18.1 Å². The fourth-order valence-electron chi connectivity index (χ4n) is 1.21. The Hall–Kier alpha value is -1.96. The minimum atomic E-state index is -4.76. The van der Waals surface area contributed by atoms with Gasteiger partial charge in [0.25, 0.3) is 0 Å². The van der Waals surface area contributed by atoms with Crippen molar-refractivity contribution in [3.05, 3.63) is 24.3 Å². The third kappa shape index (κ3) is 6.51. The van der Waals surface area contributed by atoms with E-state index in [0.717, 1.165) is 12.1 Å². The molecule has 0 spiro atoms. The largest absolute Gasteiger partial charge is 0.573 e. The lowest BCUT2D eigenvalue weighted by atomic mass is 10.3. The molecule has 0 aliphatic heterocycles. The molecule has 8 heteroatoms. The number of methoxy groups -OCH3 is 1. The van der Waals surface area contributed by atoms with Gasteiger partial charge in [0.1, 0.15) is 5.75 Å². The number of carbonyl (C=O) groups excluding carboxylic acids is 1. The molecule has 2 amide bonds. The average molecular weight is 278 g/mol. The van der Waals surface area contributed by atoms with Gasteiger partial charge in [0, 0.05) is 25.4 Å². The van der Waals surface area contributed by atoms with Gasteiger partial charge in [0.15, 0.2) is 0 Å². The van der Waals surface area contributed by atoms with Crippen molar-refractivity contribution in [2.24, 2.45) is 0 Å². The van der Waals surface area contributed by atoms with Gasteiger partial charge in [-0.15, -0.1) is 13.2 Å². The highest BCUT2D eigenvalue weighted by Crippen LogP contribution is 2.24. The van der Waals surface area contributed by atoms with E-state index in [1.54, 1.807) is 0 Å². The van der Waals surface area contributed by atoms with Gasteiger partial charge in [-0.2, -0.15) is 0 Å². The Balaban J connectivity index is 2.54. The number of rotatable bonds is 5. The number of alkyl halides is 3. The smallest absolute Gasteiger partial charge is 0.406 e. The molecule has 0 aromatic heterocycles. The third-order valence-corrected chi connectivity index (χ3v) is 1.92. The molecule has 0 atom stereocenters. The summed E-state index contributed by atoms with van der Waals surface area (Å²) in [6.07, 6.45) is -4.76. The fraction of sp³-hybridized carbons (Fsp3) is 0.364. The molecule has 1 rings (SSSR count). The Morgan fingerprint density at radius 1 is 1.37 bits per heavy atom. The molecule has 0 radical (unpaired) electrons. The Morgan fingerprint density at radius 3 is 2.74 bits per heavy atom. The minimum Gasteiger partial charge on any atom is -0.406 e. The third-order valence-electron chi connectivity index (χ3n) is 1.92.